The molecule has 0 radical (unpaired) electrons. The summed E-state index contributed by atoms with van der Waals surface area (Å²) in [5.74, 6) is -0.237. The first-order valence-electron chi connectivity index (χ1n) is 7.57. The van der Waals surface area contributed by atoms with Gasteiger partial charge in [0.1, 0.15) is 5.82 Å². The second-order valence-electron chi connectivity index (χ2n) is 6.05. The van der Waals surface area contributed by atoms with E-state index in [-0.39, 0.29) is 5.82 Å². The Kier molecular flexibility index (Phi) is 3.57. The summed E-state index contributed by atoms with van der Waals surface area (Å²) >= 11 is 0. The summed E-state index contributed by atoms with van der Waals surface area (Å²) in [7, 11) is 0. The normalized spacial score (nSPS) is 22.3. The molecule has 3 nitrogen and oxygen atoms in total. The average molecular weight is 288 g/mol. The Morgan fingerprint density at radius 1 is 1.43 bits per heavy atom. The molecule has 1 N–H and O–H groups in total. The second kappa shape index (κ2) is 5.26. The molecular formula is C17H21FN2O. The summed E-state index contributed by atoms with van der Waals surface area (Å²) < 4.78 is 15.2. The number of aromatic nitrogens is 2. The lowest BCUT2D eigenvalue weighted by Gasteiger charge is -2.23. The third kappa shape index (κ3) is 2.60. The van der Waals surface area contributed by atoms with Gasteiger partial charge in [0.2, 0.25) is 0 Å². The van der Waals surface area contributed by atoms with Crippen LogP contribution in [0.2, 0.25) is 0 Å². The van der Waals surface area contributed by atoms with Crippen molar-refractivity contribution < 1.29 is 9.50 Å². The Balaban J connectivity index is 1.84. The summed E-state index contributed by atoms with van der Waals surface area (Å²) in [6.45, 7) is 4.25. The molecule has 1 aliphatic rings. The molecule has 112 valence electrons. The van der Waals surface area contributed by atoms with Gasteiger partial charge in [-0.2, -0.15) is 5.10 Å². The zero-order valence-corrected chi connectivity index (χ0v) is 12.5. The molecule has 0 spiro atoms. The third-order valence-corrected chi connectivity index (χ3v) is 4.56. The van der Waals surface area contributed by atoms with Crippen molar-refractivity contribution >= 4 is 0 Å². The van der Waals surface area contributed by atoms with Crippen LogP contribution in [0.1, 0.15) is 49.6 Å². The van der Waals surface area contributed by atoms with Crippen LogP contribution >= 0.6 is 0 Å². The van der Waals surface area contributed by atoms with E-state index in [9.17, 15) is 9.50 Å². The molecule has 0 bridgehead atoms. The van der Waals surface area contributed by atoms with Crippen LogP contribution in [0.25, 0.3) is 0 Å². The van der Waals surface area contributed by atoms with Gasteiger partial charge in [-0.1, -0.05) is 13.0 Å². The Labute approximate surface area is 124 Å². The third-order valence-electron chi connectivity index (χ3n) is 4.56. The van der Waals surface area contributed by atoms with Crippen LogP contribution in [0, 0.1) is 5.82 Å². The molecule has 21 heavy (non-hydrogen) atoms. The SMILES string of the molecule is CCC(C)n1ccc(CC2(O)CCc3cc(F)ccc32)n1. The number of rotatable bonds is 4. The van der Waals surface area contributed by atoms with Gasteiger partial charge in [-0.15, -0.1) is 0 Å². The van der Waals surface area contributed by atoms with Crippen LogP contribution in [0.5, 0.6) is 0 Å². The van der Waals surface area contributed by atoms with E-state index in [1.54, 1.807) is 6.07 Å². The van der Waals surface area contributed by atoms with Gasteiger partial charge in [-0.25, -0.2) is 4.39 Å². The number of nitrogens with zero attached hydrogens (tertiary/aromatic N) is 2. The van der Waals surface area contributed by atoms with Crippen LogP contribution in [0.15, 0.2) is 30.5 Å². The van der Waals surface area contributed by atoms with Crippen LogP contribution in [0.4, 0.5) is 4.39 Å². The highest BCUT2D eigenvalue weighted by Crippen LogP contribution is 2.39. The monoisotopic (exact) mass is 288 g/mol. The van der Waals surface area contributed by atoms with Gasteiger partial charge in [0.25, 0.3) is 0 Å². The van der Waals surface area contributed by atoms with E-state index in [4.69, 9.17) is 0 Å². The molecule has 1 aromatic heterocycles. The Morgan fingerprint density at radius 2 is 2.24 bits per heavy atom. The van der Waals surface area contributed by atoms with E-state index >= 15 is 0 Å². The Morgan fingerprint density at radius 3 is 3.00 bits per heavy atom. The van der Waals surface area contributed by atoms with Crippen molar-refractivity contribution in [1.82, 2.24) is 9.78 Å². The fourth-order valence-electron chi connectivity index (χ4n) is 3.09. The van der Waals surface area contributed by atoms with Crippen molar-refractivity contribution in [3.05, 3.63) is 53.1 Å². The number of aryl methyl sites for hydroxylation is 1. The van der Waals surface area contributed by atoms with Crippen molar-refractivity contribution in [3.8, 4) is 0 Å². The van der Waals surface area contributed by atoms with Crippen molar-refractivity contribution in [2.24, 2.45) is 0 Å². The first-order valence-corrected chi connectivity index (χ1v) is 7.57. The molecule has 1 aromatic carbocycles. The predicted octanol–water partition coefficient (Wildman–Crippen LogP) is 3.37. The van der Waals surface area contributed by atoms with Crippen LogP contribution in [0.3, 0.4) is 0 Å². The van der Waals surface area contributed by atoms with Gasteiger partial charge in [-0.05, 0) is 55.5 Å². The number of hydrogen-bond donors (Lipinski definition) is 1. The van der Waals surface area contributed by atoms with Crippen LogP contribution in [-0.4, -0.2) is 14.9 Å². The standard InChI is InChI=1S/C17H21FN2O/c1-3-12(2)20-9-7-15(19-20)11-17(21)8-6-13-10-14(18)4-5-16(13)17/h4-5,7,9-10,12,21H,3,6,8,11H2,1-2H3. The zero-order valence-electron chi connectivity index (χ0n) is 12.5. The van der Waals surface area contributed by atoms with E-state index in [0.29, 0.717) is 18.9 Å². The van der Waals surface area contributed by atoms with Crippen molar-refractivity contribution in [2.45, 2.75) is 51.2 Å². The topological polar surface area (TPSA) is 38.0 Å². The summed E-state index contributed by atoms with van der Waals surface area (Å²) in [5.41, 5.74) is 1.73. The maximum atomic E-state index is 13.3. The number of hydrogen-bond acceptors (Lipinski definition) is 2. The second-order valence-corrected chi connectivity index (χ2v) is 6.05. The van der Waals surface area contributed by atoms with E-state index in [1.165, 1.54) is 12.1 Å². The molecule has 1 heterocycles. The van der Waals surface area contributed by atoms with Crippen molar-refractivity contribution in [1.29, 1.82) is 0 Å². The molecule has 0 aliphatic heterocycles. The molecule has 0 amide bonds. The molecule has 2 atom stereocenters. The minimum absolute atomic E-state index is 0.237. The molecule has 2 unspecified atom stereocenters. The fraction of sp³-hybridized carbons (Fsp3) is 0.471. The molecule has 0 fully saturated rings. The van der Waals surface area contributed by atoms with E-state index in [0.717, 1.165) is 29.7 Å². The van der Waals surface area contributed by atoms with Gasteiger partial charge in [0, 0.05) is 18.7 Å². The van der Waals surface area contributed by atoms with Gasteiger partial charge >= 0.3 is 0 Å². The minimum atomic E-state index is -0.919. The van der Waals surface area contributed by atoms with Crippen molar-refractivity contribution in [3.63, 3.8) is 0 Å². The maximum Gasteiger partial charge on any atom is 0.123 e. The highest BCUT2D eigenvalue weighted by molar-refractivity contribution is 5.38. The molecular weight excluding hydrogens is 267 g/mol. The average Bonchev–Trinajstić information content (AvgIpc) is 3.04. The number of fused-ring (bicyclic) bond motifs is 1. The quantitative estimate of drug-likeness (QED) is 0.936. The minimum Gasteiger partial charge on any atom is -0.385 e. The summed E-state index contributed by atoms with van der Waals surface area (Å²) in [4.78, 5) is 0. The highest BCUT2D eigenvalue weighted by Gasteiger charge is 2.37. The summed E-state index contributed by atoms with van der Waals surface area (Å²) in [5, 5.41) is 15.5. The lowest BCUT2D eigenvalue weighted by Crippen LogP contribution is -2.25. The van der Waals surface area contributed by atoms with E-state index in [2.05, 4.69) is 18.9 Å². The van der Waals surface area contributed by atoms with Crippen molar-refractivity contribution in [2.75, 3.05) is 0 Å². The van der Waals surface area contributed by atoms with Gasteiger partial charge < -0.3 is 5.11 Å². The number of aliphatic hydroxyl groups is 1. The first-order chi connectivity index (χ1) is 10.0. The molecule has 4 heteroatoms. The summed E-state index contributed by atoms with van der Waals surface area (Å²) in [6, 6.07) is 6.99. The molecule has 3 rings (SSSR count). The molecule has 2 aromatic rings. The van der Waals surface area contributed by atoms with Crippen LogP contribution < -0.4 is 0 Å². The fourth-order valence-corrected chi connectivity index (χ4v) is 3.09. The van der Waals surface area contributed by atoms with Gasteiger partial charge in [0.05, 0.1) is 11.3 Å². The lowest BCUT2D eigenvalue weighted by atomic mass is 9.91. The highest BCUT2D eigenvalue weighted by atomic mass is 19.1. The lowest BCUT2D eigenvalue weighted by molar-refractivity contribution is 0.0377. The van der Waals surface area contributed by atoms with Crippen LogP contribution in [-0.2, 0) is 18.4 Å². The molecule has 1 aliphatic carbocycles. The Bertz CT molecular complexity index is 652. The number of halogens is 1. The maximum absolute atomic E-state index is 13.3. The Hall–Kier alpha value is -1.68. The number of benzene rings is 1. The van der Waals surface area contributed by atoms with E-state index < -0.39 is 5.60 Å². The van der Waals surface area contributed by atoms with Gasteiger partial charge in [0.15, 0.2) is 0 Å². The predicted molar refractivity (Wildman–Crippen MR) is 79.6 cm³/mol. The first kappa shape index (κ1) is 14.3. The smallest absolute Gasteiger partial charge is 0.123 e. The summed E-state index contributed by atoms with van der Waals surface area (Å²) in [6.07, 6.45) is 4.81. The zero-order chi connectivity index (χ0) is 15.0. The van der Waals surface area contributed by atoms with E-state index in [1.807, 2.05) is 16.9 Å². The largest absolute Gasteiger partial charge is 0.385 e. The molecule has 0 saturated heterocycles. The van der Waals surface area contributed by atoms with Gasteiger partial charge in [-0.3, -0.25) is 4.68 Å². The molecule has 0 saturated carbocycles.